The number of carbonyl (C=O) groups excluding carboxylic acids is 1. The van der Waals surface area contributed by atoms with Crippen LogP contribution in [0.2, 0.25) is 16.6 Å². The van der Waals surface area contributed by atoms with Crippen molar-refractivity contribution >= 4 is 13.9 Å². The molecule has 2 nitrogen and oxygen atoms in total. The molecule has 142 valence electrons. The summed E-state index contributed by atoms with van der Waals surface area (Å²) in [7, 11) is -1.71. The van der Waals surface area contributed by atoms with E-state index < -0.39 is 8.07 Å². The van der Waals surface area contributed by atoms with Gasteiger partial charge in [-0.2, -0.15) is 0 Å². The van der Waals surface area contributed by atoms with Crippen LogP contribution in [0.3, 0.4) is 0 Å². The van der Waals surface area contributed by atoms with Crippen LogP contribution in [0, 0.1) is 11.5 Å². The average Bonchev–Trinajstić information content (AvgIpc) is 2.86. The minimum absolute atomic E-state index is 0.103. The maximum atomic E-state index is 11.9. The molecule has 0 aliphatic carbocycles. The zero-order valence-corrected chi connectivity index (χ0v) is 18.7. The molecular formula is C23H34O2Si. The van der Waals surface area contributed by atoms with Gasteiger partial charge in [0.15, 0.2) is 5.78 Å². The maximum Gasteiger partial charge on any atom is 0.160 e. The van der Waals surface area contributed by atoms with Crippen LogP contribution in [0.15, 0.2) is 18.2 Å². The molecule has 1 aliphatic heterocycles. The highest BCUT2D eigenvalue weighted by atomic mass is 28.3. The lowest BCUT2D eigenvalue weighted by Crippen LogP contribution is -2.43. The van der Waals surface area contributed by atoms with Crippen molar-refractivity contribution in [1.82, 2.24) is 0 Å². The molecule has 0 spiro atoms. The molecule has 3 heteroatoms. The molecule has 0 saturated heterocycles. The second-order valence-corrected chi connectivity index (χ2v) is 14.5. The molecule has 1 heterocycles. The van der Waals surface area contributed by atoms with Gasteiger partial charge in [-0.05, 0) is 36.5 Å². The molecule has 0 fully saturated rings. The number of rotatable bonds is 5. The number of hydrogen-bond acceptors (Lipinski definition) is 2. The van der Waals surface area contributed by atoms with Crippen molar-refractivity contribution < 1.29 is 9.53 Å². The molecule has 1 aromatic rings. The van der Waals surface area contributed by atoms with Crippen LogP contribution in [0.25, 0.3) is 0 Å². The highest BCUT2D eigenvalue weighted by molar-refractivity contribution is 6.90. The van der Waals surface area contributed by atoms with Crippen molar-refractivity contribution in [3.63, 3.8) is 0 Å². The third-order valence-electron chi connectivity index (χ3n) is 6.05. The number of ether oxygens (including phenoxy) is 1. The standard InChI is InChI=1S/C23H34O2Si/c1-16(2)26(17(3)4,18(5)6)14-10-13-23(8)15-21-20(19(7)24)11-9-12-22(21)25-23/h9,11-12,16-18H,13,15H2,1-8H3. The molecule has 1 aliphatic rings. The Morgan fingerprint density at radius 2 is 1.73 bits per heavy atom. The number of fused-ring (bicyclic) bond motifs is 1. The van der Waals surface area contributed by atoms with Gasteiger partial charge in [0.25, 0.3) is 0 Å². The van der Waals surface area contributed by atoms with Gasteiger partial charge in [-0.3, -0.25) is 4.79 Å². The first-order valence-corrected chi connectivity index (χ1v) is 12.1. The molecule has 0 radical (unpaired) electrons. The van der Waals surface area contributed by atoms with Gasteiger partial charge in [0.2, 0.25) is 0 Å². The number of carbonyl (C=O) groups is 1. The van der Waals surface area contributed by atoms with Crippen LogP contribution in [-0.4, -0.2) is 19.5 Å². The zero-order chi connectivity index (χ0) is 19.7. The van der Waals surface area contributed by atoms with Crippen LogP contribution < -0.4 is 4.74 Å². The SMILES string of the molecule is CC(=O)c1cccc2c1CC(C)(CC#C[Si](C(C)C)(C(C)C)C(C)C)O2. The Labute approximate surface area is 160 Å². The van der Waals surface area contributed by atoms with E-state index in [-0.39, 0.29) is 11.4 Å². The van der Waals surface area contributed by atoms with Crippen LogP contribution in [0.4, 0.5) is 0 Å². The van der Waals surface area contributed by atoms with Crippen molar-refractivity contribution in [2.75, 3.05) is 0 Å². The van der Waals surface area contributed by atoms with Crippen molar-refractivity contribution in [2.45, 2.75) is 90.5 Å². The molecule has 2 rings (SSSR count). The minimum Gasteiger partial charge on any atom is -0.486 e. The quantitative estimate of drug-likeness (QED) is 0.351. The van der Waals surface area contributed by atoms with E-state index in [2.05, 4.69) is 59.9 Å². The van der Waals surface area contributed by atoms with Gasteiger partial charge in [-0.1, -0.05) is 53.7 Å². The van der Waals surface area contributed by atoms with E-state index in [1.807, 2.05) is 18.2 Å². The predicted molar refractivity (Wildman–Crippen MR) is 113 cm³/mol. The first kappa shape index (κ1) is 20.8. The number of Topliss-reactive ketones (excluding diaryl/α,β-unsaturated/α-hetero) is 1. The number of hydrogen-bond donors (Lipinski definition) is 0. The molecule has 0 bridgehead atoms. The predicted octanol–water partition coefficient (Wildman–Crippen LogP) is 6.19. The summed E-state index contributed by atoms with van der Waals surface area (Å²) in [6, 6.07) is 5.77. The molecule has 26 heavy (non-hydrogen) atoms. The molecule has 0 aromatic heterocycles. The van der Waals surface area contributed by atoms with Gasteiger partial charge in [0.05, 0.1) is 0 Å². The molecule has 0 amide bonds. The lowest BCUT2D eigenvalue weighted by atomic mass is 9.92. The molecule has 0 saturated carbocycles. The minimum atomic E-state index is -1.71. The Morgan fingerprint density at radius 1 is 1.15 bits per heavy atom. The third kappa shape index (κ3) is 3.76. The summed E-state index contributed by atoms with van der Waals surface area (Å²) in [4.78, 5) is 11.9. The smallest absolute Gasteiger partial charge is 0.160 e. The largest absolute Gasteiger partial charge is 0.486 e. The number of benzene rings is 1. The van der Waals surface area contributed by atoms with E-state index in [4.69, 9.17) is 4.74 Å². The van der Waals surface area contributed by atoms with E-state index in [1.54, 1.807) is 6.92 Å². The first-order valence-electron chi connectivity index (χ1n) is 9.85. The Morgan fingerprint density at radius 3 is 2.23 bits per heavy atom. The summed E-state index contributed by atoms with van der Waals surface area (Å²) in [5.41, 5.74) is 7.18. The maximum absolute atomic E-state index is 11.9. The third-order valence-corrected chi connectivity index (χ3v) is 12.4. The second kappa shape index (κ2) is 7.60. The van der Waals surface area contributed by atoms with Gasteiger partial charge < -0.3 is 4.74 Å². The van der Waals surface area contributed by atoms with Crippen LogP contribution in [-0.2, 0) is 6.42 Å². The van der Waals surface area contributed by atoms with Gasteiger partial charge in [0.1, 0.15) is 19.4 Å². The molecule has 1 unspecified atom stereocenters. The van der Waals surface area contributed by atoms with Gasteiger partial charge in [0, 0.05) is 24.0 Å². The van der Waals surface area contributed by atoms with Crippen molar-refractivity contribution in [1.29, 1.82) is 0 Å². The molecule has 1 atom stereocenters. The summed E-state index contributed by atoms with van der Waals surface area (Å²) in [5.74, 6) is 4.49. The van der Waals surface area contributed by atoms with E-state index >= 15 is 0 Å². The normalized spacial score (nSPS) is 19.3. The summed E-state index contributed by atoms with van der Waals surface area (Å²) in [6.07, 6.45) is 1.46. The van der Waals surface area contributed by atoms with Crippen LogP contribution in [0.1, 0.15) is 77.7 Å². The summed E-state index contributed by atoms with van der Waals surface area (Å²) in [6.45, 7) is 17.8. The van der Waals surface area contributed by atoms with E-state index in [9.17, 15) is 4.79 Å². The lowest BCUT2D eigenvalue weighted by molar-refractivity contribution is 0.101. The Bertz CT molecular complexity index is 715. The van der Waals surface area contributed by atoms with Crippen LogP contribution in [0.5, 0.6) is 5.75 Å². The topological polar surface area (TPSA) is 26.3 Å². The second-order valence-electron chi connectivity index (χ2n) is 8.94. The Kier molecular flexibility index (Phi) is 6.08. The average molecular weight is 371 g/mol. The van der Waals surface area contributed by atoms with Gasteiger partial charge in [-0.15, -0.1) is 11.5 Å². The van der Waals surface area contributed by atoms with E-state index in [0.29, 0.717) is 23.0 Å². The van der Waals surface area contributed by atoms with Crippen LogP contribution >= 0.6 is 0 Å². The van der Waals surface area contributed by atoms with E-state index in [0.717, 1.165) is 23.3 Å². The van der Waals surface area contributed by atoms with Gasteiger partial charge >= 0.3 is 0 Å². The highest BCUT2D eigenvalue weighted by Crippen LogP contribution is 2.42. The Balaban J connectivity index is 2.27. The van der Waals surface area contributed by atoms with E-state index in [1.165, 1.54) is 0 Å². The summed E-state index contributed by atoms with van der Waals surface area (Å²) in [5, 5.41) is 0. The fourth-order valence-corrected chi connectivity index (χ4v) is 10.0. The van der Waals surface area contributed by atoms with Crippen molar-refractivity contribution in [3.05, 3.63) is 29.3 Å². The van der Waals surface area contributed by atoms with Gasteiger partial charge in [-0.25, -0.2) is 0 Å². The molecular weight excluding hydrogens is 336 g/mol. The highest BCUT2D eigenvalue weighted by Gasteiger charge is 2.42. The fraction of sp³-hybridized carbons (Fsp3) is 0.609. The van der Waals surface area contributed by atoms with Crippen molar-refractivity contribution in [2.24, 2.45) is 0 Å². The number of ketones is 1. The lowest BCUT2D eigenvalue weighted by Gasteiger charge is -2.38. The van der Waals surface area contributed by atoms with Crippen molar-refractivity contribution in [3.8, 4) is 17.2 Å². The molecule has 0 N–H and O–H groups in total. The molecule has 1 aromatic carbocycles. The fourth-order valence-electron chi connectivity index (χ4n) is 4.76. The summed E-state index contributed by atoms with van der Waals surface area (Å²) < 4.78 is 6.24. The Hall–Kier alpha value is -1.53. The summed E-state index contributed by atoms with van der Waals surface area (Å²) >= 11 is 0. The monoisotopic (exact) mass is 370 g/mol. The first-order chi connectivity index (χ1) is 12.0. The zero-order valence-electron chi connectivity index (χ0n) is 17.7.